The fourth-order valence-electron chi connectivity index (χ4n) is 1.95. The van der Waals surface area contributed by atoms with Crippen LogP contribution in [0.25, 0.3) is 11.0 Å². The Balaban J connectivity index is 2.04. The normalized spacial score (nSPS) is 11.1. The molecule has 2 heterocycles. The Labute approximate surface area is 134 Å². The number of aromatic nitrogens is 3. The van der Waals surface area contributed by atoms with Gasteiger partial charge in [0.15, 0.2) is 5.75 Å². The minimum absolute atomic E-state index is 0.121. The first kappa shape index (κ1) is 15.4. The van der Waals surface area contributed by atoms with E-state index in [-0.39, 0.29) is 27.2 Å². The van der Waals surface area contributed by atoms with Gasteiger partial charge in [-0.1, -0.05) is 0 Å². The van der Waals surface area contributed by atoms with E-state index < -0.39 is 21.2 Å². The number of H-pyrrole nitrogens is 2. The standard InChI is InChI=1S/C14H8N4O5S/c15-5-8-3-9(7-16-6-8)23-24(21,22)10-1-2-11-12(4-10)18-14(20)13(19)17-11/h1-4,6-7H,(H,17,19)(H,18,20). The van der Waals surface area contributed by atoms with E-state index in [0.717, 1.165) is 12.3 Å². The van der Waals surface area contributed by atoms with Crippen LogP contribution in [0.1, 0.15) is 5.56 Å². The molecule has 1 aromatic carbocycles. The van der Waals surface area contributed by atoms with Crippen molar-refractivity contribution in [2.24, 2.45) is 0 Å². The van der Waals surface area contributed by atoms with Crippen LogP contribution in [0.3, 0.4) is 0 Å². The molecule has 0 spiro atoms. The van der Waals surface area contributed by atoms with Crippen LogP contribution in [0.5, 0.6) is 5.75 Å². The van der Waals surface area contributed by atoms with Crippen molar-refractivity contribution in [3.05, 3.63) is 62.9 Å². The van der Waals surface area contributed by atoms with Gasteiger partial charge < -0.3 is 14.2 Å². The van der Waals surface area contributed by atoms with Gasteiger partial charge in [-0.3, -0.25) is 14.6 Å². The summed E-state index contributed by atoms with van der Waals surface area (Å²) in [6.45, 7) is 0. The molecule has 0 fully saturated rings. The lowest BCUT2D eigenvalue weighted by atomic mass is 10.3. The highest BCUT2D eigenvalue weighted by molar-refractivity contribution is 7.87. The van der Waals surface area contributed by atoms with E-state index >= 15 is 0 Å². The Morgan fingerprint density at radius 1 is 1.04 bits per heavy atom. The van der Waals surface area contributed by atoms with Crippen LogP contribution in [0.2, 0.25) is 0 Å². The lowest BCUT2D eigenvalue weighted by Gasteiger charge is -2.07. The molecule has 0 radical (unpaired) electrons. The molecule has 2 aromatic heterocycles. The van der Waals surface area contributed by atoms with Crippen molar-refractivity contribution in [1.82, 2.24) is 15.0 Å². The molecule has 2 N–H and O–H groups in total. The van der Waals surface area contributed by atoms with Crippen molar-refractivity contribution < 1.29 is 12.6 Å². The maximum absolute atomic E-state index is 12.3. The first-order valence-electron chi connectivity index (χ1n) is 6.45. The number of hydrogen-bond donors (Lipinski definition) is 2. The molecule has 24 heavy (non-hydrogen) atoms. The van der Waals surface area contributed by atoms with E-state index in [1.807, 2.05) is 6.07 Å². The number of pyridine rings is 1. The molecule has 0 amide bonds. The topological polar surface area (TPSA) is 146 Å². The van der Waals surface area contributed by atoms with Gasteiger partial charge in [0.25, 0.3) is 0 Å². The van der Waals surface area contributed by atoms with Crippen molar-refractivity contribution in [2.75, 3.05) is 0 Å². The number of hydrogen-bond acceptors (Lipinski definition) is 7. The van der Waals surface area contributed by atoms with Crippen LogP contribution in [-0.2, 0) is 10.1 Å². The fraction of sp³-hybridized carbons (Fsp3) is 0. The molecule has 0 unspecified atom stereocenters. The molecule has 0 saturated carbocycles. The second kappa shape index (κ2) is 5.64. The maximum Gasteiger partial charge on any atom is 0.339 e. The molecule has 3 rings (SSSR count). The molecule has 3 aromatic rings. The summed E-state index contributed by atoms with van der Waals surface area (Å²) < 4.78 is 29.5. The van der Waals surface area contributed by atoms with Crippen LogP contribution in [0.4, 0.5) is 0 Å². The van der Waals surface area contributed by atoms with Crippen LogP contribution in [0, 0.1) is 11.3 Å². The lowest BCUT2D eigenvalue weighted by Crippen LogP contribution is -2.29. The Hall–Kier alpha value is -3.45. The van der Waals surface area contributed by atoms with E-state index in [4.69, 9.17) is 9.44 Å². The molecule has 0 bridgehead atoms. The van der Waals surface area contributed by atoms with E-state index in [1.165, 1.54) is 24.4 Å². The number of fused-ring (bicyclic) bond motifs is 1. The Kier molecular flexibility index (Phi) is 3.63. The van der Waals surface area contributed by atoms with E-state index in [0.29, 0.717) is 0 Å². The summed E-state index contributed by atoms with van der Waals surface area (Å²) in [7, 11) is -4.22. The summed E-state index contributed by atoms with van der Waals surface area (Å²) in [5.74, 6) is -0.121. The average molecular weight is 344 g/mol. The van der Waals surface area contributed by atoms with Gasteiger partial charge in [-0.25, -0.2) is 0 Å². The summed E-state index contributed by atoms with van der Waals surface area (Å²) in [5.41, 5.74) is -1.19. The summed E-state index contributed by atoms with van der Waals surface area (Å²) >= 11 is 0. The highest BCUT2D eigenvalue weighted by Crippen LogP contribution is 2.20. The summed E-state index contributed by atoms with van der Waals surface area (Å²) in [5, 5.41) is 8.79. The van der Waals surface area contributed by atoms with Gasteiger partial charge in [-0.15, -0.1) is 0 Å². The van der Waals surface area contributed by atoms with E-state index in [1.54, 1.807) is 0 Å². The minimum Gasteiger partial charge on any atom is -0.377 e. The Bertz CT molecular complexity index is 1200. The number of rotatable bonds is 3. The van der Waals surface area contributed by atoms with Gasteiger partial charge in [-0.2, -0.15) is 13.7 Å². The summed E-state index contributed by atoms with van der Waals surface area (Å²) in [4.78, 5) is 30.6. The van der Waals surface area contributed by atoms with Crippen molar-refractivity contribution in [3.8, 4) is 11.8 Å². The maximum atomic E-state index is 12.3. The van der Waals surface area contributed by atoms with Crippen LogP contribution in [0.15, 0.2) is 51.1 Å². The predicted octanol–water partition coefficient (Wildman–Crippen LogP) is 0.251. The zero-order valence-corrected chi connectivity index (χ0v) is 12.6. The third-order valence-corrected chi connectivity index (χ3v) is 4.27. The van der Waals surface area contributed by atoms with Crippen LogP contribution >= 0.6 is 0 Å². The van der Waals surface area contributed by atoms with Gasteiger partial charge in [0.05, 0.1) is 22.8 Å². The molecule has 0 saturated heterocycles. The molecular weight excluding hydrogens is 336 g/mol. The molecule has 120 valence electrons. The third-order valence-electron chi connectivity index (χ3n) is 3.03. The molecular formula is C14H8N4O5S. The molecule has 0 aliphatic heterocycles. The second-order valence-electron chi connectivity index (χ2n) is 4.67. The molecule has 0 aliphatic rings. The minimum atomic E-state index is -4.22. The molecule has 0 atom stereocenters. The number of benzene rings is 1. The number of nitriles is 1. The second-order valence-corrected chi connectivity index (χ2v) is 6.22. The molecule has 10 heteroatoms. The monoisotopic (exact) mass is 344 g/mol. The largest absolute Gasteiger partial charge is 0.377 e. The fourth-order valence-corrected chi connectivity index (χ4v) is 2.89. The first-order valence-corrected chi connectivity index (χ1v) is 7.86. The van der Waals surface area contributed by atoms with E-state index in [2.05, 4.69) is 15.0 Å². The average Bonchev–Trinajstić information content (AvgIpc) is 2.55. The number of nitrogens with zero attached hydrogens (tertiary/aromatic N) is 2. The number of nitrogens with one attached hydrogen (secondary N) is 2. The highest BCUT2D eigenvalue weighted by Gasteiger charge is 2.18. The van der Waals surface area contributed by atoms with E-state index in [9.17, 15) is 18.0 Å². The number of aromatic amines is 2. The predicted molar refractivity (Wildman–Crippen MR) is 82.0 cm³/mol. The van der Waals surface area contributed by atoms with Gasteiger partial charge >= 0.3 is 21.2 Å². The lowest BCUT2D eigenvalue weighted by molar-refractivity contribution is 0.485. The third kappa shape index (κ3) is 2.88. The Morgan fingerprint density at radius 2 is 1.75 bits per heavy atom. The highest BCUT2D eigenvalue weighted by atomic mass is 32.2. The smallest absolute Gasteiger partial charge is 0.339 e. The molecule has 9 nitrogen and oxygen atoms in total. The van der Waals surface area contributed by atoms with Crippen LogP contribution < -0.4 is 15.3 Å². The van der Waals surface area contributed by atoms with Gasteiger partial charge in [-0.05, 0) is 18.2 Å². The first-order chi connectivity index (χ1) is 11.4. The molecule has 0 aliphatic carbocycles. The summed E-state index contributed by atoms with van der Waals surface area (Å²) in [6.07, 6.45) is 2.41. The van der Waals surface area contributed by atoms with Crippen molar-refractivity contribution in [3.63, 3.8) is 0 Å². The van der Waals surface area contributed by atoms with Crippen LogP contribution in [-0.4, -0.2) is 23.4 Å². The zero-order valence-electron chi connectivity index (χ0n) is 11.8. The van der Waals surface area contributed by atoms with Crippen molar-refractivity contribution in [2.45, 2.75) is 4.90 Å². The van der Waals surface area contributed by atoms with Crippen molar-refractivity contribution >= 4 is 21.2 Å². The summed E-state index contributed by atoms with van der Waals surface area (Å²) in [6, 6.07) is 6.74. The van der Waals surface area contributed by atoms with Crippen molar-refractivity contribution in [1.29, 1.82) is 5.26 Å². The van der Waals surface area contributed by atoms with Gasteiger partial charge in [0.2, 0.25) is 0 Å². The van der Waals surface area contributed by atoms with Gasteiger partial charge in [0, 0.05) is 12.3 Å². The quantitative estimate of drug-likeness (QED) is 0.511. The van der Waals surface area contributed by atoms with Gasteiger partial charge in [0.1, 0.15) is 11.0 Å². The SMILES string of the molecule is N#Cc1cncc(OS(=O)(=O)c2ccc3[nH]c(=O)c(=O)[nH]c3c2)c1. The Morgan fingerprint density at radius 3 is 2.46 bits per heavy atom. The zero-order chi connectivity index (χ0) is 17.3.